The number of benzene rings is 2. The second-order valence-electron chi connectivity index (χ2n) is 3.78. The van der Waals surface area contributed by atoms with Gasteiger partial charge in [-0.2, -0.15) is 0 Å². The predicted octanol–water partition coefficient (Wildman–Crippen LogP) is 3.72. The summed E-state index contributed by atoms with van der Waals surface area (Å²) in [6.45, 7) is -2.02. The van der Waals surface area contributed by atoms with Crippen LogP contribution in [0.4, 0.5) is 0 Å². The number of nitrogens with one attached hydrogen (secondary N) is 1. The second-order valence-corrected chi connectivity index (χ2v) is 3.78. The van der Waals surface area contributed by atoms with Crippen molar-refractivity contribution in [3.05, 3.63) is 65.6 Å². The van der Waals surface area contributed by atoms with E-state index in [1.165, 1.54) is 19.1 Å². The number of ether oxygens (including phenoxy) is 1. The van der Waals surface area contributed by atoms with Gasteiger partial charge in [-0.25, -0.2) is 0 Å². The van der Waals surface area contributed by atoms with Crippen molar-refractivity contribution in [3.63, 3.8) is 0 Å². The van der Waals surface area contributed by atoms with Gasteiger partial charge >= 0.3 is 0 Å². The molecule has 0 aliphatic heterocycles. The van der Waals surface area contributed by atoms with Gasteiger partial charge in [0.15, 0.2) is 0 Å². The van der Waals surface area contributed by atoms with Crippen LogP contribution >= 0.6 is 0 Å². The van der Waals surface area contributed by atoms with E-state index < -0.39 is 44.1 Å². The molecule has 0 aliphatic rings. The van der Waals surface area contributed by atoms with E-state index in [1.807, 2.05) is 0 Å². The van der Waals surface area contributed by atoms with E-state index >= 15 is 0 Å². The van der Waals surface area contributed by atoms with Gasteiger partial charge in [-0.15, -0.1) is 0 Å². The van der Waals surface area contributed by atoms with Crippen LogP contribution in [-0.4, -0.2) is 13.5 Å². The molecule has 2 heteroatoms. The fraction of sp³-hybridized carbons (Fsp3) is 0.294. The number of rotatable bonds is 6. The minimum Gasteiger partial charge on any atom is -0.485 e. The average molecular weight is 265 g/mol. The molecular weight excluding hydrogens is 234 g/mol. The van der Waals surface area contributed by atoms with Crippen molar-refractivity contribution in [2.45, 2.75) is 19.4 Å². The summed E-state index contributed by atoms with van der Waals surface area (Å²) >= 11 is 0. The summed E-state index contributed by atoms with van der Waals surface area (Å²) in [6, 6.07) is 5.68. The van der Waals surface area contributed by atoms with Crippen LogP contribution < -0.4 is 10.1 Å². The molecule has 0 amide bonds. The Morgan fingerprint density at radius 2 is 2.16 bits per heavy atom. The summed E-state index contributed by atoms with van der Waals surface area (Å²) in [6.07, 6.45) is -5.10. The molecule has 2 rings (SSSR count). The molecule has 0 heterocycles. The lowest BCUT2D eigenvalue weighted by molar-refractivity contribution is 0.193. The largest absolute Gasteiger partial charge is 0.485 e. The van der Waals surface area contributed by atoms with Gasteiger partial charge in [0.1, 0.15) is 11.8 Å². The van der Waals surface area contributed by atoms with Crippen LogP contribution in [0.15, 0.2) is 54.5 Å². The molecule has 1 atom stereocenters. The summed E-state index contributed by atoms with van der Waals surface area (Å²) in [5, 5.41) is 2.06. The molecule has 1 N–H and O–H groups in total. The Labute approximate surface area is 129 Å². The number of hydrogen-bond donors (Lipinski definition) is 1. The molecule has 2 aromatic carbocycles. The first-order valence-corrected chi connectivity index (χ1v) is 5.78. The zero-order valence-corrected chi connectivity index (χ0v) is 10.5. The van der Waals surface area contributed by atoms with E-state index in [9.17, 15) is 0 Å². The van der Waals surface area contributed by atoms with Crippen LogP contribution in [0.5, 0.6) is 5.75 Å². The molecule has 0 spiro atoms. The van der Waals surface area contributed by atoms with E-state index in [0.717, 1.165) is 0 Å². The van der Waals surface area contributed by atoms with Gasteiger partial charge in [0.2, 0.25) is 0 Å². The summed E-state index contributed by atoms with van der Waals surface area (Å²) in [7, 11) is 0. The Hall–Kier alpha value is -1.80. The van der Waals surface area contributed by atoms with E-state index in [-0.39, 0.29) is 22.9 Å². The minimum absolute atomic E-state index is 0.0168. The predicted molar refractivity (Wildman–Crippen MR) is 79.5 cm³/mol. The molecule has 0 aliphatic carbocycles. The Balaban J connectivity index is 2.63. The Bertz CT molecular complexity index is 855. The van der Waals surface area contributed by atoms with Crippen molar-refractivity contribution < 1.29 is 18.4 Å². The first kappa shape index (κ1) is 5.68. The van der Waals surface area contributed by atoms with Crippen LogP contribution in [0.1, 0.15) is 37.3 Å². The van der Waals surface area contributed by atoms with E-state index in [1.54, 1.807) is 18.2 Å². The maximum Gasteiger partial charge on any atom is 0.125 e. The highest BCUT2D eigenvalue weighted by atomic mass is 16.5. The lowest BCUT2D eigenvalue weighted by Crippen LogP contribution is -2.16. The van der Waals surface area contributed by atoms with Crippen molar-refractivity contribution in [2.75, 3.05) is 13.5 Å². The normalized spacial score (nSPS) is 22.8. The Morgan fingerprint density at radius 1 is 1.37 bits per heavy atom. The third-order valence-electron chi connectivity index (χ3n) is 2.41. The second kappa shape index (κ2) is 6.95. The molecule has 0 radical (unpaired) electrons. The van der Waals surface area contributed by atoms with Crippen LogP contribution in [0, 0.1) is 6.92 Å². The highest BCUT2D eigenvalue weighted by Crippen LogP contribution is 2.26. The van der Waals surface area contributed by atoms with E-state index in [4.69, 9.17) is 18.4 Å². The van der Waals surface area contributed by atoms with Crippen LogP contribution in [0.3, 0.4) is 0 Å². The monoisotopic (exact) mass is 265 g/mol. The first-order valence-electron chi connectivity index (χ1n) is 10.8. The number of para-hydroxylation sites is 1. The summed E-state index contributed by atoms with van der Waals surface area (Å²) in [4.78, 5) is 0. The van der Waals surface area contributed by atoms with Crippen molar-refractivity contribution >= 4 is 0 Å². The molecule has 0 aromatic heterocycles. The zero-order valence-electron chi connectivity index (χ0n) is 20.5. The molecule has 0 fully saturated rings. The van der Waals surface area contributed by atoms with Gasteiger partial charge in [0.25, 0.3) is 0 Å². The fourth-order valence-corrected chi connectivity index (χ4v) is 1.48. The highest BCUT2D eigenvalue weighted by Gasteiger charge is 2.13. The highest BCUT2D eigenvalue weighted by molar-refractivity contribution is 5.33. The van der Waals surface area contributed by atoms with Crippen molar-refractivity contribution in [1.82, 2.24) is 5.32 Å². The van der Waals surface area contributed by atoms with Gasteiger partial charge in [-0.3, -0.25) is 0 Å². The molecule has 0 saturated carbocycles. The zero-order chi connectivity index (χ0) is 22.2. The first-order chi connectivity index (χ1) is 13.2. The Morgan fingerprint density at radius 3 is 2.95 bits per heavy atom. The lowest BCUT2D eigenvalue weighted by Gasteiger charge is -2.20. The molecule has 0 saturated heterocycles. The summed E-state index contributed by atoms with van der Waals surface area (Å²) in [5.74, 6) is -0.368. The average Bonchev–Trinajstić information content (AvgIpc) is 2.66. The summed E-state index contributed by atoms with van der Waals surface area (Å²) in [5.41, 5.74) is 0.0762. The molecule has 19 heavy (non-hydrogen) atoms. The summed E-state index contributed by atoms with van der Waals surface area (Å²) < 4.78 is 84.6. The van der Waals surface area contributed by atoms with E-state index in [2.05, 4.69) is 5.32 Å². The van der Waals surface area contributed by atoms with Gasteiger partial charge < -0.3 is 10.1 Å². The van der Waals surface area contributed by atoms with Gasteiger partial charge in [0.05, 0.1) is 6.85 Å². The molecule has 2 aromatic rings. The number of hydrogen-bond acceptors (Lipinski definition) is 2. The van der Waals surface area contributed by atoms with Crippen LogP contribution in [0.2, 0.25) is 0 Å². The van der Waals surface area contributed by atoms with Gasteiger partial charge in [-0.05, 0) is 37.6 Å². The fourth-order valence-electron chi connectivity index (χ4n) is 1.48. The van der Waals surface area contributed by atoms with Crippen molar-refractivity contribution in [3.8, 4) is 5.75 Å². The lowest BCUT2D eigenvalue weighted by atomic mass is 10.1. The maximum absolute atomic E-state index is 8.82. The van der Waals surface area contributed by atoms with Crippen LogP contribution in [-0.2, 0) is 0 Å². The molecule has 0 bridgehead atoms. The maximum atomic E-state index is 8.82. The van der Waals surface area contributed by atoms with Crippen LogP contribution in [0.25, 0.3) is 0 Å². The van der Waals surface area contributed by atoms with E-state index in [0.29, 0.717) is 0 Å². The topological polar surface area (TPSA) is 21.3 Å². The smallest absolute Gasteiger partial charge is 0.125 e. The third kappa shape index (κ3) is 3.83. The van der Waals surface area contributed by atoms with Crippen molar-refractivity contribution in [1.29, 1.82) is 0 Å². The Kier molecular flexibility index (Phi) is 2.08. The van der Waals surface area contributed by atoms with Crippen molar-refractivity contribution in [2.24, 2.45) is 0 Å². The standard InChI is InChI=1S/C17H21NO/c1-14-8-6-7-11-16(14)19-17(12-13-18-2)15-9-4-3-5-10-15/h3-11,17-18H,12-13H2,1-2H3/i2D3,6D,7D,8D,11D,12D2,17D. The van der Waals surface area contributed by atoms with Gasteiger partial charge in [-0.1, -0.05) is 48.5 Å². The minimum atomic E-state index is -2.64. The molecular formula is C17H21NO. The van der Waals surface area contributed by atoms with Gasteiger partial charge in [0, 0.05) is 13.2 Å². The SMILES string of the molecule is [2H]c1c([2H])c([2H])c(OC([2H])(c2ccccc2)C([2H])([2H])CNC([2H])([2H])[2H])c(C)c1[2H]. The third-order valence-corrected chi connectivity index (χ3v) is 2.41. The molecule has 1 unspecified atom stereocenters. The molecule has 100 valence electrons. The molecule has 2 nitrogen and oxygen atoms in total. The quantitative estimate of drug-likeness (QED) is 0.859.